The molecule has 1 aliphatic heterocycles. The molecule has 0 bridgehead atoms. The number of amides is 2. The molecule has 0 fully saturated rings. The maximum atomic E-state index is 13.2. The summed E-state index contributed by atoms with van der Waals surface area (Å²) in [6.45, 7) is 2.63. The fourth-order valence-corrected chi connectivity index (χ4v) is 4.96. The van der Waals surface area contributed by atoms with Gasteiger partial charge in [0, 0.05) is 24.9 Å². The third-order valence-corrected chi connectivity index (χ3v) is 7.13. The number of ether oxygens (including phenoxy) is 1. The number of aryl methyl sites for hydroxylation is 1. The zero-order valence-corrected chi connectivity index (χ0v) is 23.5. The number of anilines is 1. The van der Waals surface area contributed by atoms with Crippen LogP contribution >= 0.6 is 0 Å². The summed E-state index contributed by atoms with van der Waals surface area (Å²) < 4.78 is 67.0. The summed E-state index contributed by atoms with van der Waals surface area (Å²) in [6, 6.07) is 9.52. The van der Waals surface area contributed by atoms with Crippen LogP contribution in [0, 0.1) is 0 Å². The second kappa shape index (κ2) is 11.9. The number of nitrogens with one attached hydrogen (secondary N) is 2. The number of pyridine rings is 1. The molecule has 10 nitrogen and oxygen atoms in total. The Morgan fingerprint density at radius 2 is 2.00 bits per heavy atom. The van der Waals surface area contributed by atoms with E-state index in [1.165, 1.54) is 16.8 Å². The molecule has 2 N–H and O–H groups in total. The van der Waals surface area contributed by atoms with Gasteiger partial charge in [-0.15, -0.1) is 0 Å². The predicted molar refractivity (Wildman–Crippen MR) is 145 cm³/mol. The number of sulfone groups is 1. The van der Waals surface area contributed by atoms with Crippen LogP contribution in [-0.2, 0) is 27.5 Å². The van der Waals surface area contributed by atoms with E-state index in [1.807, 2.05) is 19.9 Å². The van der Waals surface area contributed by atoms with Crippen molar-refractivity contribution in [3.63, 3.8) is 0 Å². The van der Waals surface area contributed by atoms with Gasteiger partial charge in [-0.3, -0.25) is 9.59 Å². The second-order valence-corrected chi connectivity index (χ2v) is 12.4. The average molecular weight is 594 g/mol. The van der Waals surface area contributed by atoms with E-state index >= 15 is 0 Å². The third kappa shape index (κ3) is 8.06. The minimum Gasteiger partial charge on any atom is -0.484 e. The molecule has 0 radical (unpaired) electrons. The van der Waals surface area contributed by atoms with Crippen LogP contribution in [0.15, 0.2) is 42.6 Å². The number of benzene rings is 1. The number of hydrogen-bond donors (Lipinski definition) is 2. The molecule has 0 unspecified atom stereocenters. The second-order valence-electron chi connectivity index (χ2n) is 10.3. The molecule has 1 atom stereocenters. The highest BCUT2D eigenvalue weighted by Gasteiger charge is 2.33. The Labute approximate surface area is 235 Å². The van der Waals surface area contributed by atoms with Gasteiger partial charge in [-0.05, 0) is 48.1 Å². The SMILES string of the molecule is CC(C)c1ccc(-n2nc3c(c2NC(=O)CS(C)(=O)=O)C(=O)N[C@@H](CCc2cccc(OCC(F)(F)F)c2)C3)nc1. The quantitative estimate of drug-likeness (QED) is 0.367. The number of carbonyl (C=O) groups is 2. The number of rotatable bonds is 10. The molecule has 2 aromatic heterocycles. The maximum Gasteiger partial charge on any atom is 0.422 e. The van der Waals surface area contributed by atoms with Crippen molar-refractivity contribution in [1.82, 2.24) is 20.1 Å². The normalized spacial score (nSPS) is 15.4. The summed E-state index contributed by atoms with van der Waals surface area (Å²) in [6.07, 6.45) is -0.645. The van der Waals surface area contributed by atoms with Gasteiger partial charge in [0.05, 0.1) is 5.69 Å². The zero-order valence-electron chi connectivity index (χ0n) is 22.7. The molecule has 2 amide bonds. The fourth-order valence-electron chi connectivity index (χ4n) is 4.41. The van der Waals surface area contributed by atoms with E-state index in [4.69, 9.17) is 4.74 Å². The van der Waals surface area contributed by atoms with E-state index in [-0.39, 0.29) is 29.1 Å². The van der Waals surface area contributed by atoms with Crippen LogP contribution in [0.4, 0.5) is 19.0 Å². The van der Waals surface area contributed by atoms with Crippen molar-refractivity contribution in [1.29, 1.82) is 0 Å². The first-order chi connectivity index (χ1) is 19.2. The number of nitrogens with zero attached hydrogens (tertiary/aromatic N) is 3. The lowest BCUT2D eigenvalue weighted by Gasteiger charge is -2.23. The van der Waals surface area contributed by atoms with Crippen LogP contribution in [-0.4, -0.2) is 65.8 Å². The highest BCUT2D eigenvalue weighted by atomic mass is 32.2. The first-order valence-corrected chi connectivity index (χ1v) is 14.9. The molecule has 14 heteroatoms. The Morgan fingerprint density at radius 1 is 1.24 bits per heavy atom. The monoisotopic (exact) mass is 593 g/mol. The first kappa shape index (κ1) is 30.0. The van der Waals surface area contributed by atoms with E-state index < -0.39 is 40.2 Å². The summed E-state index contributed by atoms with van der Waals surface area (Å²) in [7, 11) is -3.63. The zero-order chi connectivity index (χ0) is 29.9. The lowest BCUT2D eigenvalue weighted by Crippen LogP contribution is -2.41. The van der Waals surface area contributed by atoms with Gasteiger partial charge in [0.15, 0.2) is 28.1 Å². The number of aromatic nitrogens is 3. The number of halogens is 3. The standard InChI is InChI=1S/C27H30F3N5O5S/c1-16(2)18-8-10-22(31-13-18)35-25(33-23(36)14-41(3,38)39)24-21(34-35)12-19(32-26(24)37)9-7-17-5-4-6-20(11-17)40-15-27(28,29)30/h4-6,8,10-11,13,16,19H,7,9,12,14-15H2,1-3H3,(H,32,37)(H,33,36)/t19-/m0/s1. The summed E-state index contributed by atoms with van der Waals surface area (Å²) >= 11 is 0. The van der Waals surface area contributed by atoms with Crippen molar-refractivity contribution < 1.29 is 35.9 Å². The molecular formula is C27H30F3N5O5S. The van der Waals surface area contributed by atoms with Crippen molar-refractivity contribution in [3.05, 3.63) is 65.0 Å². The highest BCUT2D eigenvalue weighted by molar-refractivity contribution is 7.91. The smallest absolute Gasteiger partial charge is 0.422 e. The Balaban J connectivity index is 1.56. The lowest BCUT2D eigenvalue weighted by molar-refractivity contribution is -0.153. The van der Waals surface area contributed by atoms with E-state index in [1.54, 1.807) is 24.4 Å². The predicted octanol–water partition coefficient (Wildman–Crippen LogP) is 3.60. The number of fused-ring (bicyclic) bond motifs is 1. The van der Waals surface area contributed by atoms with E-state index in [0.29, 0.717) is 30.8 Å². The van der Waals surface area contributed by atoms with Crippen LogP contribution in [0.5, 0.6) is 5.75 Å². The van der Waals surface area contributed by atoms with Crippen molar-refractivity contribution in [2.75, 3.05) is 23.9 Å². The van der Waals surface area contributed by atoms with Gasteiger partial charge in [-0.1, -0.05) is 32.0 Å². The molecule has 41 heavy (non-hydrogen) atoms. The number of alkyl halides is 3. The van der Waals surface area contributed by atoms with Gasteiger partial charge in [-0.2, -0.15) is 23.0 Å². The Morgan fingerprint density at radius 3 is 2.63 bits per heavy atom. The van der Waals surface area contributed by atoms with Gasteiger partial charge in [0.25, 0.3) is 5.91 Å². The van der Waals surface area contributed by atoms with Gasteiger partial charge in [-0.25, -0.2) is 13.4 Å². The van der Waals surface area contributed by atoms with Gasteiger partial charge < -0.3 is 15.4 Å². The third-order valence-electron chi connectivity index (χ3n) is 6.35. The molecule has 0 saturated heterocycles. The molecule has 0 aliphatic carbocycles. The summed E-state index contributed by atoms with van der Waals surface area (Å²) in [5, 5.41) is 9.99. The Hall–Kier alpha value is -3.94. The molecule has 4 rings (SSSR count). The highest BCUT2D eigenvalue weighted by Crippen LogP contribution is 2.29. The number of hydrogen-bond acceptors (Lipinski definition) is 7. The minimum absolute atomic E-state index is 0.0175. The molecular weight excluding hydrogens is 563 g/mol. The molecule has 0 spiro atoms. The Kier molecular flexibility index (Phi) is 8.71. The summed E-state index contributed by atoms with van der Waals surface area (Å²) in [5.74, 6) is -1.43. The van der Waals surface area contributed by atoms with Gasteiger partial charge >= 0.3 is 6.18 Å². The van der Waals surface area contributed by atoms with Crippen molar-refractivity contribution in [2.24, 2.45) is 0 Å². The van der Waals surface area contributed by atoms with E-state index in [2.05, 4.69) is 20.7 Å². The molecule has 220 valence electrons. The fraction of sp³-hybridized carbons (Fsp3) is 0.407. The van der Waals surface area contributed by atoms with Gasteiger partial charge in [0.1, 0.15) is 17.1 Å². The van der Waals surface area contributed by atoms with E-state index in [0.717, 1.165) is 17.4 Å². The van der Waals surface area contributed by atoms with Crippen LogP contribution in [0.2, 0.25) is 0 Å². The summed E-state index contributed by atoms with van der Waals surface area (Å²) in [4.78, 5) is 30.2. The maximum absolute atomic E-state index is 13.2. The average Bonchev–Trinajstić information content (AvgIpc) is 3.23. The molecule has 1 aliphatic rings. The Bertz CT molecular complexity index is 1540. The molecule has 0 saturated carbocycles. The van der Waals surface area contributed by atoms with Crippen LogP contribution in [0.25, 0.3) is 5.82 Å². The van der Waals surface area contributed by atoms with Crippen molar-refractivity contribution in [3.8, 4) is 11.6 Å². The van der Waals surface area contributed by atoms with E-state index in [9.17, 15) is 31.2 Å². The van der Waals surface area contributed by atoms with Crippen LogP contribution in [0.1, 0.15) is 53.4 Å². The molecule has 3 aromatic rings. The van der Waals surface area contributed by atoms with Gasteiger partial charge in [0.2, 0.25) is 5.91 Å². The number of carbonyl (C=O) groups excluding carboxylic acids is 2. The lowest BCUT2D eigenvalue weighted by atomic mass is 9.96. The first-order valence-electron chi connectivity index (χ1n) is 12.8. The minimum atomic E-state index is -4.45. The van der Waals surface area contributed by atoms with Crippen LogP contribution in [0.3, 0.4) is 0 Å². The van der Waals surface area contributed by atoms with Crippen LogP contribution < -0.4 is 15.4 Å². The van der Waals surface area contributed by atoms with Crippen molar-refractivity contribution >= 4 is 27.5 Å². The molecule has 1 aromatic carbocycles. The summed E-state index contributed by atoms with van der Waals surface area (Å²) in [5.41, 5.74) is 2.21. The molecule has 3 heterocycles. The van der Waals surface area contributed by atoms with Crippen molar-refractivity contribution in [2.45, 2.75) is 51.2 Å². The largest absolute Gasteiger partial charge is 0.484 e. The topological polar surface area (TPSA) is 132 Å².